The molecule has 0 aliphatic heterocycles. The fourth-order valence-electron chi connectivity index (χ4n) is 3.54. The molecule has 0 amide bonds. The summed E-state index contributed by atoms with van der Waals surface area (Å²) in [6.07, 6.45) is 4.64. The van der Waals surface area contributed by atoms with E-state index in [-0.39, 0.29) is 0 Å². The zero-order chi connectivity index (χ0) is 15.0. The van der Waals surface area contributed by atoms with Crippen LogP contribution in [0, 0.1) is 11.8 Å². The maximum atomic E-state index is 6.00. The minimum Gasteiger partial charge on any atom is -0.325 e. The van der Waals surface area contributed by atoms with E-state index >= 15 is 0 Å². The molecule has 1 aliphatic rings. The molecule has 4 heteroatoms. The Morgan fingerprint density at radius 3 is 2.81 bits per heavy atom. The van der Waals surface area contributed by atoms with Crippen LogP contribution in [0.4, 0.5) is 0 Å². The normalized spacial score (nSPS) is 26.4. The first kappa shape index (κ1) is 15.4. The number of benzene rings is 1. The lowest BCUT2D eigenvalue weighted by molar-refractivity contribution is 0.211. The highest BCUT2D eigenvalue weighted by molar-refractivity contribution is 9.10. The first-order valence-electron chi connectivity index (χ1n) is 7.82. The molecule has 3 unspecified atom stereocenters. The lowest BCUT2D eigenvalue weighted by atomic mass is 9.79. The molecule has 3 atom stereocenters. The Labute approximate surface area is 140 Å². The molecule has 2 nitrogen and oxygen atoms in total. The molecule has 114 valence electrons. The number of aromatic nitrogens is 2. The number of alkyl halides is 1. The Bertz CT molecular complexity index is 637. The van der Waals surface area contributed by atoms with Crippen LogP contribution in [0.3, 0.4) is 0 Å². The number of fused-ring (bicyclic) bond motifs is 1. The van der Waals surface area contributed by atoms with Crippen molar-refractivity contribution in [3.05, 3.63) is 28.5 Å². The maximum Gasteiger partial charge on any atom is 0.111 e. The summed E-state index contributed by atoms with van der Waals surface area (Å²) in [6.45, 7) is 4.76. The van der Waals surface area contributed by atoms with Gasteiger partial charge in [-0.3, -0.25) is 0 Å². The van der Waals surface area contributed by atoms with Crippen LogP contribution in [0.1, 0.15) is 45.0 Å². The predicted octanol–water partition coefficient (Wildman–Crippen LogP) is 5.58. The van der Waals surface area contributed by atoms with E-state index in [9.17, 15) is 0 Å². The van der Waals surface area contributed by atoms with Crippen LogP contribution in [-0.4, -0.2) is 15.4 Å². The molecular formula is C17H22BrClN2. The van der Waals surface area contributed by atoms with Crippen LogP contribution in [-0.2, 0) is 6.42 Å². The SMILES string of the molecule is CC1CCC(n2c(CCCl)nc3ccc(Br)cc32)CC1C. The fraction of sp³-hybridized carbons (Fsp3) is 0.588. The van der Waals surface area contributed by atoms with Gasteiger partial charge in [0.2, 0.25) is 0 Å². The molecule has 2 aromatic rings. The Hall–Kier alpha value is -0.540. The average molecular weight is 370 g/mol. The van der Waals surface area contributed by atoms with E-state index in [0.717, 1.165) is 34.1 Å². The number of nitrogens with zero attached hydrogens (tertiary/aromatic N) is 2. The number of rotatable bonds is 3. The van der Waals surface area contributed by atoms with Crippen molar-refractivity contribution < 1.29 is 0 Å². The summed E-state index contributed by atoms with van der Waals surface area (Å²) in [5.41, 5.74) is 2.33. The van der Waals surface area contributed by atoms with Gasteiger partial charge in [-0.2, -0.15) is 0 Å². The summed E-state index contributed by atoms with van der Waals surface area (Å²) in [6, 6.07) is 6.93. The lowest BCUT2D eigenvalue weighted by Crippen LogP contribution is -2.24. The van der Waals surface area contributed by atoms with Crippen molar-refractivity contribution in [3.8, 4) is 0 Å². The molecule has 1 saturated carbocycles. The van der Waals surface area contributed by atoms with Crippen molar-refractivity contribution in [2.45, 2.75) is 45.6 Å². The number of imidazole rings is 1. The van der Waals surface area contributed by atoms with Crippen molar-refractivity contribution in [1.82, 2.24) is 9.55 Å². The second kappa shape index (κ2) is 6.29. The first-order valence-corrected chi connectivity index (χ1v) is 9.15. The molecule has 3 rings (SSSR count). The molecule has 0 spiro atoms. The van der Waals surface area contributed by atoms with E-state index in [1.165, 1.54) is 24.8 Å². The molecule has 1 aromatic carbocycles. The third-order valence-corrected chi connectivity index (χ3v) is 5.66. The quantitative estimate of drug-likeness (QED) is 0.646. The molecule has 0 N–H and O–H groups in total. The van der Waals surface area contributed by atoms with Crippen molar-refractivity contribution in [2.24, 2.45) is 11.8 Å². The van der Waals surface area contributed by atoms with Crippen molar-refractivity contribution in [2.75, 3.05) is 5.88 Å². The Kier molecular flexibility index (Phi) is 4.60. The van der Waals surface area contributed by atoms with Gasteiger partial charge in [-0.05, 0) is 49.3 Å². The molecule has 1 aliphatic carbocycles. The lowest BCUT2D eigenvalue weighted by Gasteiger charge is -2.34. The monoisotopic (exact) mass is 368 g/mol. The van der Waals surface area contributed by atoms with Crippen LogP contribution in [0.2, 0.25) is 0 Å². The van der Waals surface area contributed by atoms with Gasteiger partial charge in [-0.25, -0.2) is 4.98 Å². The number of hydrogen-bond acceptors (Lipinski definition) is 1. The van der Waals surface area contributed by atoms with E-state index in [1.807, 2.05) is 0 Å². The van der Waals surface area contributed by atoms with E-state index in [0.29, 0.717) is 11.9 Å². The molecule has 1 aromatic heterocycles. The molecule has 0 bridgehead atoms. The highest BCUT2D eigenvalue weighted by Crippen LogP contribution is 2.38. The molecule has 1 heterocycles. The van der Waals surface area contributed by atoms with Gasteiger partial charge in [-0.1, -0.05) is 29.8 Å². The standard InChI is InChI=1S/C17H22BrClN2/c1-11-3-5-14(9-12(11)2)21-16-10-13(18)4-6-15(16)20-17(21)7-8-19/h4,6,10-12,14H,3,5,7-9H2,1-2H3. The summed E-state index contributed by atoms with van der Waals surface area (Å²) in [5, 5.41) is 0. The molecular weight excluding hydrogens is 348 g/mol. The van der Waals surface area contributed by atoms with Gasteiger partial charge < -0.3 is 4.57 Å². The van der Waals surface area contributed by atoms with Crippen LogP contribution in [0.5, 0.6) is 0 Å². The van der Waals surface area contributed by atoms with Crippen LogP contribution in [0.25, 0.3) is 11.0 Å². The van der Waals surface area contributed by atoms with E-state index in [2.05, 4.69) is 52.5 Å². The van der Waals surface area contributed by atoms with Crippen molar-refractivity contribution in [3.63, 3.8) is 0 Å². The van der Waals surface area contributed by atoms with Gasteiger partial charge in [0.1, 0.15) is 5.82 Å². The third kappa shape index (κ3) is 3.00. The minimum atomic E-state index is 0.564. The number of hydrogen-bond donors (Lipinski definition) is 0. The number of aryl methyl sites for hydroxylation is 1. The van der Waals surface area contributed by atoms with Gasteiger partial charge in [0.15, 0.2) is 0 Å². The molecule has 21 heavy (non-hydrogen) atoms. The Balaban J connectivity index is 2.06. The van der Waals surface area contributed by atoms with Gasteiger partial charge in [0, 0.05) is 22.8 Å². The van der Waals surface area contributed by atoms with Crippen LogP contribution < -0.4 is 0 Å². The molecule has 1 fully saturated rings. The first-order chi connectivity index (χ1) is 10.1. The van der Waals surface area contributed by atoms with Gasteiger partial charge in [0.05, 0.1) is 11.0 Å². The zero-order valence-corrected chi connectivity index (χ0v) is 15.0. The average Bonchev–Trinajstić information content (AvgIpc) is 2.80. The van der Waals surface area contributed by atoms with Crippen LogP contribution in [0.15, 0.2) is 22.7 Å². The third-order valence-electron chi connectivity index (χ3n) is 4.98. The highest BCUT2D eigenvalue weighted by Gasteiger charge is 2.28. The Morgan fingerprint density at radius 2 is 2.10 bits per heavy atom. The molecule has 0 saturated heterocycles. The smallest absolute Gasteiger partial charge is 0.111 e. The highest BCUT2D eigenvalue weighted by atomic mass is 79.9. The maximum absolute atomic E-state index is 6.00. The zero-order valence-electron chi connectivity index (χ0n) is 12.6. The minimum absolute atomic E-state index is 0.564. The van der Waals surface area contributed by atoms with Gasteiger partial charge in [-0.15, -0.1) is 11.6 Å². The summed E-state index contributed by atoms with van der Waals surface area (Å²) in [7, 11) is 0. The summed E-state index contributed by atoms with van der Waals surface area (Å²) in [4.78, 5) is 4.82. The van der Waals surface area contributed by atoms with Gasteiger partial charge >= 0.3 is 0 Å². The molecule has 0 radical (unpaired) electrons. The van der Waals surface area contributed by atoms with Crippen LogP contribution >= 0.6 is 27.5 Å². The van der Waals surface area contributed by atoms with E-state index < -0.39 is 0 Å². The fourth-order valence-corrected chi connectivity index (χ4v) is 4.06. The summed E-state index contributed by atoms with van der Waals surface area (Å²) < 4.78 is 3.58. The second-order valence-corrected chi connectivity index (χ2v) is 7.69. The topological polar surface area (TPSA) is 17.8 Å². The van der Waals surface area contributed by atoms with Gasteiger partial charge in [0.25, 0.3) is 0 Å². The van der Waals surface area contributed by atoms with E-state index in [1.54, 1.807) is 0 Å². The van der Waals surface area contributed by atoms with Crippen molar-refractivity contribution >= 4 is 38.6 Å². The Morgan fingerprint density at radius 1 is 1.29 bits per heavy atom. The summed E-state index contributed by atoms with van der Waals surface area (Å²) >= 11 is 9.59. The number of halogens is 2. The predicted molar refractivity (Wildman–Crippen MR) is 93.1 cm³/mol. The van der Waals surface area contributed by atoms with E-state index in [4.69, 9.17) is 16.6 Å². The summed E-state index contributed by atoms with van der Waals surface area (Å²) in [5.74, 6) is 3.38. The second-order valence-electron chi connectivity index (χ2n) is 6.39. The largest absolute Gasteiger partial charge is 0.325 e. The van der Waals surface area contributed by atoms with Crippen molar-refractivity contribution in [1.29, 1.82) is 0 Å².